The lowest BCUT2D eigenvalue weighted by Crippen LogP contribution is -2.14. The van der Waals surface area contributed by atoms with Crippen molar-refractivity contribution < 1.29 is 4.79 Å². The fourth-order valence-corrected chi connectivity index (χ4v) is 0.627. The first-order chi connectivity index (χ1) is 4.46. The molecular formula is C8H15NO. The van der Waals surface area contributed by atoms with Crippen molar-refractivity contribution >= 4 is 5.91 Å². The molecule has 0 bridgehead atoms. The van der Waals surface area contributed by atoms with Crippen LogP contribution < -0.4 is 5.73 Å². The molecular weight excluding hydrogens is 126 g/mol. The van der Waals surface area contributed by atoms with E-state index in [2.05, 4.69) is 0 Å². The van der Waals surface area contributed by atoms with Crippen molar-refractivity contribution in [2.45, 2.75) is 27.7 Å². The predicted octanol–water partition coefficient (Wildman–Crippen LogP) is 1.46. The molecule has 2 heteroatoms. The highest BCUT2D eigenvalue weighted by Crippen LogP contribution is 2.12. The number of hydrogen-bond donors (Lipinski definition) is 1. The maximum Gasteiger partial charge on any atom is 0.244 e. The molecule has 0 aliphatic rings. The normalized spacial score (nSPS) is 13.3. The molecule has 0 spiro atoms. The molecule has 0 atom stereocenters. The lowest BCUT2D eigenvalue weighted by atomic mass is 10.00. The molecule has 0 aromatic heterocycles. The lowest BCUT2D eigenvalue weighted by Gasteiger charge is -2.07. The second-order valence-electron chi connectivity index (χ2n) is 2.83. The van der Waals surface area contributed by atoms with Crippen LogP contribution in [0, 0.1) is 5.92 Å². The minimum Gasteiger partial charge on any atom is -0.366 e. The minimum absolute atomic E-state index is 0.314. The Hall–Kier alpha value is -0.790. The summed E-state index contributed by atoms with van der Waals surface area (Å²) in [5, 5.41) is 0. The van der Waals surface area contributed by atoms with Crippen LogP contribution in [0.25, 0.3) is 0 Å². The molecule has 0 aromatic rings. The highest BCUT2D eigenvalue weighted by atomic mass is 16.1. The molecule has 0 saturated heterocycles. The Morgan fingerprint density at radius 3 is 1.80 bits per heavy atom. The van der Waals surface area contributed by atoms with Crippen LogP contribution in [0.3, 0.4) is 0 Å². The van der Waals surface area contributed by atoms with E-state index >= 15 is 0 Å². The van der Waals surface area contributed by atoms with Crippen molar-refractivity contribution in [1.29, 1.82) is 0 Å². The number of rotatable bonds is 2. The summed E-state index contributed by atoms with van der Waals surface area (Å²) in [6.07, 6.45) is 0. The van der Waals surface area contributed by atoms with Crippen molar-refractivity contribution in [3.63, 3.8) is 0 Å². The van der Waals surface area contributed by atoms with Gasteiger partial charge in [-0.2, -0.15) is 0 Å². The van der Waals surface area contributed by atoms with Crippen LogP contribution in [-0.4, -0.2) is 5.91 Å². The molecule has 0 fully saturated rings. The maximum atomic E-state index is 10.6. The molecule has 58 valence electrons. The lowest BCUT2D eigenvalue weighted by molar-refractivity contribution is -0.114. The molecule has 0 saturated carbocycles. The molecule has 0 unspecified atom stereocenters. The van der Waals surface area contributed by atoms with E-state index in [0.717, 1.165) is 5.57 Å². The number of carbonyl (C=O) groups excluding carboxylic acids is 1. The van der Waals surface area contributed by atoms with Crippen LogP contribution in [0.15, 0.2) is 11.1 Å². The van der Waals surface area contributed by atoms with Gasteiger partial charge in [0, 0.05) is 5.57 Å². The Bertz CT molecular complexity index is 168. The van der Waals surface area contributed by atoms with Gasteiger partial charge in [-0.15, -0.1) is 0 Å². The number of hydrogen-bond acceptors (Lipinski definition) is 1. The molecule has 10 heavy (non-hydrogen) atoms. The van der Waals surface area contributed by atoms with Crippen molar-refractivity contribution in [3.05, 3.63) is 11.1 Å². The Kier molecular flexibility index (Phi) is 3.13. The van der Waals surface area contributed by atoms with Gasteiger partial charge in [0.2, 0.25) is 5.91 Å². The quantitative estimate of drug-likeness (QED) is 0.581. The molecule has 2 N–H and O–H groups in total. The van der Waals surface area contributed by atoms with Crippen molar-refractivity contribution in [2.75, 3.05) is 0 Å². The number of carbonyl (C=O) groups is 1. The van der Waals surface area contributed by atoms with E-state index in [1.54, 1.807) is 6.92 Å². The Morgan fingerprint density at radius 1 is 1.30 bits per heavy atom. The summed E-state index contributed by atoms with van der Waals surface area (Å²) < 4.78 is 0. The van der Waals surface area contributed by atoms with Gasteiger partial charge in [0.1, 0.15) is 0 Å². The van der Waals surface area contributed by atoms with Gasteiger partial charge < -0.3 is 5.73 Å². The van der Waals surface area contributed by atoms with E-state index in [1.165, 1.54) is 0 Å². The molecule has 0 aliphatic carbocycles. The van der Waals surface area contributed by atoms with Gasteiger partial charge in [-0.05, 0) is 19.8 Å². The second kappa shape index (κ2) is 3.40. The third-order valence-electron chi connectivity index (χ3n) is 1.83. The summed E-state index contributed by atoms with van der Waals surface area (Å²) in [6.45, 7) is 7.78. The van der Waals surface area contributed by atoms with Gasteiger partial charge in [-0.25, -0.2) is 0 Å². The van der Waals surface area contributed by atoms with Gasteiger partial charge >= 0.3 is 0 Å². The first kappa shape index (κ1) is 9.21. The number of amides is 1. The van der Waals surface area contributed by atoms with Gasteiger partial charge in [-0.3, -0.25) is 4.79 Å². The fourth-order valence-electron chi connectivity index (χ4n) is 0.627. The van der Waals surface area contributed by atoms with Crippen molar-refractivity contribution in [3.8, 4) is 0 Å². The zero-order chi connectivity index (χ0) is 8.31. The highest BCUT2D eigenvalue weighted by Gasteiger charge is 2.05. The molecule has 0 radical (unpaired) electrons. The topological polar surface area (TPSA) is 43.1 Å². The minimum atomic E-state index is -0.314. The zero-order valence-electron chi connectivity index (χ0n) is 7.06. The standard InChI is InChI=1S/C8H15NO/c1-5(2)6(3)7(4)8(9)10/h5H,1-4H3,(H2,9,10)/b7-6+. The van der Waals surface area contributed by atoms with Crippen LogP contribution in [-0.2, 0) is 4.79 Å². The van der Waals surface area contributed by atoms with Crippen LogP contribution in [0.4, 0.5) is 0 Å². The fraction of sp³-hybridized carbons (Fsp3) is 0.625. The molecule has 0 aromatic carbocycles. The number of allylic oxidation sites excluding steroid dienone is 1. The van der Waals surface area contributed by atoms with Gasteiger partial charge in [0.15, 0.2) is 0 Å². The smallest absolute Gasteiger partial charge is 0.244 e. The predicted molar refractivity (Wildman–Crippen MR) is 42.4 cm³/mol. The van der Waals surface area contributed by atoms with Crippen LogP contribution in [0.5, 0.6) is 0 Å². The van der Waals surface area contributed by atoms with Crippen LogP contribution >= 0.6 is 0 Å². The first-order valence-electron chi connectivity index (χ1n) is 3.44. The van der Waals surface area contributed by atoms with E-state index in [-0.39, 0.29) is 5.91 Å². The SMILES string of the molecule is C/C(C(N)=O)=C(/C)C(C)C. The van der Waals surface area contributed by atoms with Gasteiger partial charge in [0.05, 0.1) is 0 Å². The third kappa shape index (κ3) is 2.21. The highest BCUT2D eigenvalue weighted by molar-refractivity contribution is 5.92. The molecule has 2 nitrogen and oxygen atoms in total. The van der Waals surface area contributed by atoms with E-state index in [1.807, 2.05) is 20.8 Å². The summed E-state index contributed by atoms with van der Waals surface area (Å²) in [7, 11) is 0. The number of nitrogens with two attached hydrogens (primary N) is 1. The first-order valence-corrected chi connectivity index (χ1v) is 3.44. The van der Waals surface area contributed by atoms with Gasteiger partial charge in [-0.1, -0.05) is 19.4 Å². The summed E-state index contributed by atoms with van der Waals surface area (Å²) >= 11 is 0. The van der Waals surface area contributed by atoms with Gasteiger partial charge in [0.25, 0.3) is 0 Å². The molecule has 0 heterocycles. The molecule has 0 rings (SSSR count). The van der Waals surface area contributed by atoms with Crippen LogP contribution in [0.1, 0.15) is 27.7 Å². The van der Waals surface area contributed by atoms with E-state index in [9.17, 15) is 4.79 Å². The Morgan fingerprint density at radius 2 is 1.70 bits per heavy atom. The molecule has 1 amide bonds. The number of primary amides is 1. The van der Waals surface area contributed by atoms with Crippen LogP contribution in [0.2, 0.25) is 0 Å². The summed E-state index contributed by atoms with van der Waals surface area (Å²) in [5.41, 5.74) is 6.84. The average molecular weight is 141 g/mol. The van der Waals surface area contributed by atoms with E-state index in [0.29, 0.717) is 11.5 Å². The Labute approximate surface area is 62.1 Å². The average Bonchev–Trinajstić information content (AvgIpc) is 1.84. The zero-order valence-corrected chi connectivity index (χ0v) is 7.06. The molecule has 0 aliphatic heterocycles. The largest absolute Gasteiger partial charge is 0.366 e. The summed E-state index contributed by atoms with van der Waals surface area (Å²) in [4.78, 5) is 10.6. The van der Waals surface area contributed by atoms with E-state index < -0.39 is 0 Å². The van der Waals surface area contributed by atoms with E-state index in [4.69, 9.17) is 5.73 Å². The summed E-state index contributed by atoms with van der Waals surface area (Å²) in [6, 6.07) is 0. The monoisotopic (exact) mass is 141 g/mol. The summed E-state index contributed by atoms with van der Waals surface area (Å²) in [5.74, 6) is 0.0960. The third-order valence-corrected chi connectivity index (χ3v) is 1.83. The Balaban J connectivity index is 4.50. The second-order valence-corrected chi connectivity index (χ2v) is 2.83. The maximum absolute atomic E-state index is 10.6. The van der Waals surface area contributed by atoms with Crippen molar-refractivity contribution in [1.82, 2.24) is 0 Å². The van der Waals surface area contributed by atoms with Crippen molar-refractivity contribution in [2.24, 2.45) is 11.7 Å².